The smallest absolute Gasteiger partial charge is 0.142 e. The number of fused-ring (bicyclic) bond motifs is 1. The number of benzene rings is 1. The van der Waals surface area contributed by atoms with E-state index >= 15 is 0 Å². The van der Waals surface area contributed by atoms with E-state index in [0.29, 0.717) is 29.0 Å². The molecule has 1 aromatic rings. The fourth-order valence-electron chi connectivity index (χ4n) is 4.84. The molecular weight excluding hydrogens is 298 g/mol. The fourth-order valence-corrected chi connectivity index (χ4v) is 4.84. The van der Waals surface area contributed by atoms with Crippen molar-refractivity contribution < 1.29 is 9.53 Å². The van der Waals surface area contributed by atoms with E-state index in [1.807, 2.05) is 12.1 Å². The quantitative estimate of drug-likeness (QED) is 0.749. The third kappa shape index (κ3) is 2.49. The van der Waals surface area contributed by atoms with Crippen LogP contribution in [0.5, 0.6) is 5.75 Å². The summed E-state index contributed by atoms with van der Waals surface area (Å²) in [5.74, 6) is 3.08. The van der Waals surface area contributed by atoms with Crippen molar-refractivity contribution in [2.24, 2.45) is 34.1 Å². The molecule has 3 saturated carbocycles. The molecular formula is C21H27NO2. The highest BCUT2D eigenvalue weighted by atomic mass is 16.5. The molecule has 1 aromatic carbocycles. The minimum absolute atomic E-state index is 0.0597. The van der Waals surface area contributed by atoms with Crippen molar-refractivity contribution in [3.63, 3.8) is 0 Å². The van der Waals surface area contributed by atoms with Crippen LogP contribution in [0.3, 0.4) is 0 Å². The largest absolute Gasteiger partial charge is 0.497 e. The van der Waals surface area contributed by atoms with Crippen LogP contribution < -0.4 is 4.74 Å². The molecule has 3 nitrogen and oxygen atoms in total. The molecule has 3 aliphatic carbocycles. The first-order valence-electron chi connectivity index (χ1n) is 9.14. The van der Waals surface area contributed by atoms with Crippen molar-refractivity contribution in [1.29, 1.82) is 0 Å². The number of carbonyl (C=O) groups excluding carboxylic acids is 1. The molecule has 0 radical (unpaired) electrons. The van der Waals surface area contributed by atoms with E-state index in [-0.39, 0.29) is 12.0 Å². The number of hydrogen-bond donors (Lipinski definition) is 0. The molecule has 0 N–H and O–H groups in total. The Labute approximate surface area is 144 Å². The van der Waals surface area contributed by atoms with Gasteiger partial charge in [-0.05, 0) is 60.6 Å². The molecule has 3 heteroatoms. The second-order valence-electron chi connectivity index (χ2n) is 8.43. The molecule has 1 unspecified atom stereocenters. The van der Waals surface area contributed by atoms with Gasteiger partial charge in [0.2, 0.25) is 0 Å². The molecule has 3 fully saturated rings. The Morgan fingerprint density at radius 3 is 2.46 bits per heavy atom. The first-order valence-corrected chi connectivity index (χ1v) is 9.14. The van der Waals surface area contributed by atoms with E-state index in [1.165, 1.54) is 18.4 Å². The summed E-state index contributed by atoms with van der Waals surface area (Å²) in [4.78, 5) is 17.5. The summed E-state index contributed by atoms with van der Waals surface area (Å²) in [6.07, 6.45) is 3.24. The monoisotopic (exact) mass is 325 g/mol. The summed E-state index contributed by atoms with van der Waals surface area (Å²) in [6.45, 7) is 6.69. The van der Waals surface area contributed by atoms with E-state index in [9.17, 15) is 4.79 Å². The Bertz CT molecular complexity index is 684. The zero-order chi connectivity index (χ0) is 17.1. The van der Waals surface area contributed by atoms with E-state index in [1.54, 1.807) is 7.11 Å². The van der Waals surface area contributed by atoms with Gasteiger partial charge in [0.05, 0.1) is 19.1 Å². The minimum Gasteiger partial charge on any atom is -0.497 e. The Kier molecular flexibility index (Phi) is 3.59. The lowest BCUT2D eigenvalue weighted by Gasteiger charge is -2.20. The SMILES string of the molecule is COc1ccc([C@H](N=C(C)C2C(=O)C[C@@H]3[C@H]2C3(C)C)C2CC2)cc1. The molecule has 0 aromatic heterocycles. The topological polar surface area (TPSA) is 38.7 Å². The number of nitrogens with zero attached hydrogens (tertiary/aromatic N) is 1. The first kappa shape index (κ1) is 15.9. The summed E-state index contributed by atoms with van der Waals surface area (Å²) in [6, 6.07) is 8.47. The van der Waals surface area contributed by atoms with Gasteiger partial charge in [0, 0.05) is 12.1 Å². The molecule has 4 atom stereocenters. The van der Waals surface area contributed by atoms with Gasteiger partial charge >= 0.3 is 0 Å². The van der Waals surface area contributed by atoms with Crippen molar-refractivity contribution in [3.05, 3.63) is 29.8 Å². The maximum Gasteiger partial charge on any atom is 0.142 e. The summed E-state index contributed by atoms with van der Waals surface area (Å²) in [7, 11) is 1.69. The van der Waals surface area contributed by atoms with Gasteiger partial charge in [0.1, 0.15) is 11.5 Å². The van der Waals surface area contributed by atoms with Crippen LogP contribution in [-0.4, -0.2) is 18.6 Å². The van der Waals surface area contributed by atoms with Crippen LogP contribution >= 0.6 is 0 Å². The van der Waals surface area contributed by atoms with Crippen LogP contribution in [0.1, 0.15) is 51.6 Å². The molecule has 4 rings (SSSR count). The summed E-state index contributed by atoms with van der Waals surface area (Å²) in [5, 5.41) is 0. The normalized spacial score (nSPS) is 32.4. The van der Waals surface area contributed by atoms with Crippen molar-refractivity contribution in [3.8, 4) is 5.75 Å². The van der Waals surface area contributed by atoms with E-state index in [0.717, 1.165) is 17.9 Å². The standard InChI is InChI=1S/C21H27NO2/c1-12(18-17(23)11-16-19(18)21(16,2)3)22-20(13-5-6-13)14-7-9-15(24-4)10-8-14/h7-10,13,16,18-20H,5-6,11H2,1-4H3/t16-,18?,19-,20-/m1/s1. The molecule has 24 heavy (non-hydrogen) atoms. The van der Waals surface area contributed by atoms with Crippen LogP contribution in [0, 0.1) is 29.1 Å². The van der Waals surface area contributed by atoms with Gasteiger partial charge in [-0.25, -0.2) is 0 Å². The van der Waals surface area contributed by atoms with Crippen LogP contribution in [0.25, 0.3) is 0 Å². The fraction of sp³-hybridized carbons (Fsp3) is 0.619. The number of aliphatic imine (C=N–C) groups is 1. The second-order valence-corrected chi connectivity index (χ2v) is 8.43. The van der Waals surface area contributed by atoms with Crippen molar-refractivity contribution >= 4 is 11.5 Å². The summed E-state index contributed by atoms with van der Waals surface area (Å²) < 4.78 is 5.26. The van der Waals surface area contributed by atoms with Gasteiger partial charge in [0.25, 0.3) is 0 Å². The Morgan fingerprint density at radius 2 is 1.92 bits per heavy atom. The average Bonchev–Trinajstić information content (AvgIpc) is 3.44. The number of Topliss-reactive ketones (excluding diaryl/α,β-unsaturated/α-hetero) is 1. The maximum absolute atomic E-state index is 12.4. The lowest BCUT2D eigenvalue weighted by Crippen LogP contribution is -2.24. The number of ether oxygens (including phenoxy) is 1. The van der Waals surface area contributed by atoms with Crippen molar-refractivity contribution in [2.45, 2.75) is 46.1 Å². The van der Waals surface area contributed by atoms with Crippen LogP contribution in [0.4, 0.5) is 0 Å². The third-order valence-electron chi connectivity index (χ3n) is 6.58. The zero-order valence-electron chi connectivity index (χ0n) is 15.1. The Hall–Kier alpha value is -1.64. The predicted octanol–water partition coefficient (Wildman–Crippen LogP) is 4.47. The molecule has 0 bridgehead atoms. The van der Waals surface area contributed by atoms with Crippen molar-refractivity contribution in [1.82, 2.24) is 0 Å². The highest BCUT2D eigenvalue weighted by molar-refractivity contribution is 6.07. The summed E-state index contributed by atoms with van der Waals surface area (Å²) in [5.41, 5.74) is 2.63. The van der Waals surface area contributed by atoms with Gasteiger partial charge < -0.3 is 4.74 Å². The number of hydrogen-bond acceptors (Lipinski definition) is 3. The van der Waals surface area contributed by atoms with Gasteiger partial charge in [-0.3, -0.25) is 9.79 Å². The van der Waals surface area contributed by atoms with E-state index in [4.69, 9.17) is 9.73 Å². The Morgan fingerprint density at radius 1 is 1.25 bits per heavy atom. The number of carbonyl (C=O) groups is 1. The van der Waals surface area contributed by atoms with E-state index < -0.39 is 0 Å². The van der Waals surface area contributed by atoms with Crippen LogP contribution in [0.15, 0.2) is 29.3 Å². The third-order valence-corrected chi connectivity index (χ3v) is 6.58. The van der Waals surface area contributed by atoms with Crippen LogP contribution in [-0.2, 0) is 4.79 Å². The molecule has 0 saturated heterocycles. The second kappa shape index (κ2) is 5.44. The van der Waals surface area contributed by atoms with E-state index in [2.05, 4.69) is 32.9 Å². The van der Waals surface area contributed by atoms with Gasteiger partial charge in [-0.2, -0.15) is 0 Å². The minimum atomic E-state index is 0.0597. The molecule has 0 heterocycles. The highest BCUT2D eigenvalue weighted by Gasteiger charge is 2.67. The molecule has 0 aliphatic heterocycles. The zero-order valence-corrected chi connectivity index (χ0v) is 15.1. The lowest BCUT2D eigenvalue weighted by molar-refractivity contribution is -0.120. The predicted molar refractivity (Wildman–Crippen MR) is 95.4 cm³/mol. The Balaban J connectivity index is 1.60. The van der Waals surface area contributed by atoms with Gasteiger partial charge in [-0.1, -0.05) is 26.0 Å². The van der Waals surface area contributed by atoms with Crippen molar-refractivity contribution in [2.75, 3.05) is 7.11 Å². The molecule has 128 valence electrons. The van der Waals surface area contributed by atoms with Crippen LogP contribution in [0.2, 0.25) is 0 Å². The lowest BCUT2D eigenvalue weighted by atomic mass is 9.88. The van der Waals surface area contributed by atoms with Gasteiger partial charge in [0.15, 0.2) is 0 Å². The highest BCUT2D eigenvalue weighted by Crippen LogP contribution is 2.68. The summed E-state index contributed by atoms with van der Waals surface area (Å²) >= 11 is 0. The first-order chi connectivity index (χ1) is 11.4. The molecule has 0 spiro atoms. The van der Waals surface area contributed by atoms with Gasteiger partial charge in [-0.15, -0.1) is 0 Å². The maximum atomic E-state index is 12.4. The average molecular weight is 325 g/mol. The number of ketones is 1. The number of methoxy groups -OCH3 is 1. The molecule has 3 aliphatic rings. The molecule has 0 amide bonds. The number of rotatable bonds is 5.